The van der Waals surface area contributed by atoms with Crippen molar-refractivity contribution in [3.8, 4) is 5.75 Å². The number of rotatable bonds is 7. The molecule has 1 aromatic rings. The van der Waals surface area contributed by atoms with Gasteiger partial charge in [0.15, 0.2) is 11.6 Å². The fourth-order valence-corrected chi connectivity index (χ4v) is 5.31. The van der Waals surface area contributed by atoms with Gasteiger partial charge in [-0.15, -0.1) is 0 Å². The van der Waals surface area contributed by atoms with Gasteiger partial charge in [-0.3, -0.25) is 0 Å². The van der Waals surface area contributed by atoms with E-state index in [9.17, 15) is 4.39 Å². The predicted molar refractivity (Wildman–Crippen MR) is 112 cm³/mol. The number of hydrogen-bond donors (Lipinski definition) is 0. The summed E-state index contributed by atoms with van der Waals surface area (Å²) in [5.41, 5.74) is 0.937. The monoisotopic (exact) mass is 372 g/mol. The quantitative estimate of drug-likeness (QED) is 0.477. The van der Waals surface area contributed by atoms with E-state index in [-0.39, 0.29) is 5.82 Å². The highest BCUT2D eigenvalue weighted by Gasteiger charge is 2.30. The molecule has 0 heterocycles. The van der Waals surface area contributed by atoms with E-state index < -0.39 is 0 Å². The minimum absolute atomic E-state index is 0.263. The van der Waals surface area contributed by atoms with E-state index in [0.717, 1.165) is 23.3 Å². The van der Waals surface area contributed by atoms with E-state index in [4.69, 9.17) is 4.74 Å². The molecule has 2 aliphatic rings. The Labute approximate surface area is 165 Å². The number of ether oxygens (including phenoxy) is 1. The summed E-state index contributed by atoms with van der Waals surface area (Å²) >= 11 is 0. The van der Waals surface area contributed by atoms with Crippen molar-refractivity contribution in [1.82, 2.24) is 0 Å². The molecule has 150 valence electrons. The molecule has 2 heteroatoms. The Morgan fingerprint density at radius 3 is 2.22 bits per heavy atom. The Morgan fingerprint density at radius 2 is 1.63 bits per heavy atom. The second kappa shape index (κ2) is 10.3. The summed E-state index contributed by atoms with van der Waals surface area (Å²) in [5, 5.41) is 0. The maximum atomic E-state index is 14.0. The highest BCUT2D eigenvalue weighted by Crippen LogP contribution is 2.42. The van der Waals surface area contributed by atoms with E-state index >= 15 is 0 Å². The zero-order valence-corrected chi connectivity index (χ0v) is 17.3. The summed E-state index contributed by atoms with van der Waals surface area (Å²) in [6.45, 7) is 4.69. The molecule has 2 saturated carbocycles. The van der Waals surface area contributed by atoms with Crippen molar-refractivity contribution in [1.29, 1.82) is 0 Å². The average Bonchev–Trinajstić information content (AvgIpc) is 2.70. The minimum atomic E-state index is -0.263. The molecular weight excluding hydrogens is 335 g/mol. The van der Waals surface area contributed by atoms with E-state index in [0.29, 0.717) is 18.3 Å². The van der Waals surface area contributed by atoms with Gasteiger partial charge in [-0.05, 0) is 86.8 Å². The van der Waals surface area contributed by atoms with Crippen molar-refractivity contribution < 1.29 is 9.13 Å². The SMILES string of the molecule is CCCC1CCC(C2CCC(C=Cc3ccc(OCC)c(F)c3)CC2)CC1. The molecule has 2 fully saturated rings. The Kier molecular flexibility index (Phi) is 7.79. The molecule has 0 spiro atoms. The fourth-order valence-electron chi connectivity index (χ4n) is 5.31. The molecular formula is C25H37FO. The maximum absolute atomic E-state index is 14.0. The number of benzene rings is 1. The van der Waals surface area contributed by atoms with Crippen molar-refractivity contribution in [3.05, 3.63) is 35.7 Å². The lowest BCUT2D eigenvalue weighted by molar-refractivity contribution is 0.152. The molecule has 0 bridgehead atoms. The highest BCUT2D eigenvalue weighted by atomic mass is 19.1. The molecule has 3 rings (SSSR count). The van der Waals surface area contributed by atoms with E-state index in [1.54, 1.807) is 12.1 Å². The minimum Gasteiger partial charge on any atom is -0.491 e. The molecule has 0 aromatic heterocycles. The third-order valence-corrected chi connectivity index (χ3v) is 6.89. The molecule has 1 aromatic carbocycles. The van der Waals surface area contributed by atoms with Crippen LogP contribution in [0.25, 0.3) is 6.08 Å². The van der Waals surface area contributed by atoms with Gasteiger partial charge in [-0.2, -0.15) is 0 Å². The molecule has 2 aliphatic carbocycles. The zero-order chi connectivity index (χ0) is 19.1. The smallest absolute Gasteiger partial charge is 0.165 e. The largest absolute Gasteiger partial charge is 0.491 e. The molecule has 0 aliphatic heterocycles. The second-order valence-electron chi connectivity index (χ2n) is 8.73. The number of hydrogen-bond acceptors (Lipinski definition) is 1. The van der Waals surface area contributed by atoms with Gasteiger partial charge in [-0.1, -0.05) is 50.8 Å². The van der Waals surface area contributed by atoms with Crippen molar-refractivity contribution in [2.45, 2.75) is 78.1 Å². The summed E-state index contributed by atoms with van der Waals surface area (Å²) in [4.78, 5) is 0. The van der Waals surface area contributed by atoms with Gasteiger partial charge in [0.2, 0.25) is 0 Å². The zero-order valence-electron chi connectivity index (χ0n) is 17.3. The first kappa shape index (κ1) is 20.4. The first-order valence-electron chi connectivity index (χ1n) is 11.3. The van der Waals surface area contributed by atoms with Crippen molar-refractivity contribution in [2.75, 3.05) is 6.61 Å². The standard InChI is InChI=1S/C25H37FO/c1-3-5-19-8-13-22(14-9-19)23-15-10-20(11-16-23)6-7-21-12-17-25(27-4-2)24(26)18-21/h6-7,12,17-20,22-23H,3-5,8-11,13-16H2,1-2H3. The van der Waals surface area contributed by atoms with Gasteiger partial charge < -0.3 is 4.74 Å². The highest BCUT2D eigenvalue weighted by molar-refractivity contribution is 5.51. The topological polar surface area (TPSA) is 9.23 Å². The lowest BCUT2D eigenvalue weighted by Gasteiger charge is -2.37. The van der Waals surface area contributed by atoms with Gasteiger partial charge in [-0.25, -0.2) is 4.39 Å². The number of allylic oxidation sites excluding steroid dienone is 1. The molecule has 0 atom stereocenters. The van der Waals surface area contributed by atoms with Crippen molar-refractivity contribution in [3.63, 3.8) is 0 Å². The third-order valence-electron chi connectivity index (χ3n) is 6.89. The molecule has 1 nitrogen and oxygen atoms in total. The van der Waals surface area contributed by atoms with E-state index in [1.807, 2.05) is 13.0 Å². The van der Waals surface area contributed by atoms with Crippen LogP contribution in [-0.2, 0) is 0 Å². The Balaban J connectivity index is 1.44. The third kappa shape index (κ3) is 5.83. The van der Waals surface area contributed by atoms with Crippen LogP contribution in [0.3, 0.4) is 0 Å². The van der Waals surface area contributed by atoms with E-state index in [2.05, 4.69) is 19.1 Å². The van der Waals surface area contributed by atoms with Crippen LogP contribution >= 0.6 is 0 Å². The van der Waals surface area contributed by atoms with Crippen LogP contribution in [0.1, 0.15) is 83.6 Å². The van der Waals surface area contributed by atoms with Crippen LogP contribution in [0.4, 0.5) is 4.39 Å². The van der Waals surface area contributed by atoms with Gasteiger partial charge in [0.25, 0.3) is 0 Å². The van der Waals surface area contributed by atoms with Crippen LogP contribution in [0, 0.1) is 29.5 Å². The summed E-state index contributed by atoms with van der Waals surface area (Å²) < 4.78 is 19.3. The summed E-state index contributed by atoms with van der Waals surface area (Å²) in [6, 6.07) is 5.27. The fraction of sp³-hybridized carbons (Fsp3) is 0.680. The molecule has 0 N–H and O–H groups in total. The van der Waals surface area contributed by atoms with Crippen LogP contribution < -0.4 is 4.74 Å². The van der Waals surface area contributed by atoms with Gasteiger partial charge >= 0.3 is 0 Å². The molecule has 0 amide bonds. The Morgan fingerprint density at radius 1 is 0.963 bits per heavy atom. The lowest BCUT2D eigenvalue weighted by Crippen LogP contribution is -2.25. The van der Waals surface area contributed by atoms with Crippen LogP contribution in [0.15, 0.2) is 24.3 Å². The molecule has 27 heavy (non-hydrogen) atoms. The van der Waals surface area contributed by atoms with Gasteiger partial charge in [0.1, 0.15) is 0 Å². The predicted octanol–water partition coefficient (Wildman–Crippen LogP) is 7.65. The van der Waals surface area contributed by atoms with Crippen LogP contribution in [0.5, 0.6) is 5.75 Å². The number of halogens is 1. The average molecular weight is 373 g/mol. The summed E-state index contributed by atoms with van der Waals surface area (Å²) in [5.74, 6) is 3.71. The second-order valence-corrected chi connectivity index (χ2v) is 8.73. The van der Waals surface area contributed by atoms with Crippen molar-refractivity contribution >= 4 is 6.08 Å². The first-order valence-corrected chi connectivity index (χ1v) is 11.3. The normalized spacial score (nSPS) is 29.1. The van der Waals surface area contributed by atoms with Crippen molar-refractivity contribution in [2.24, 2.45) is 23.7 Å². The first-order chi connectivity index (χ1) is 13.2. The van der Waals surface area contributed by atoms with Crippen LogP contribution in [-0.4, -0.2) is 6.61 Å². The summed E-state index contributed by atoms with van der Waals surface area (Å²) in [7, 11) is 0. The van der Waals surface area contributed by atoms with Crippen LogP contribution in [0.2, 0.25) is 0 Å². The maximum Gasteiger partial charge on any atom is 0.165 e. The molecule has 0 unspecified atom stereocenters. The van der Waals surface area contributed by atoms with Gasteiger partial charge in [0.05, 0.1) is 6.61 Å². The molecule has 0 radical (unpaired) electrons. The molecule has 0 saturated heterocycles. The summed E-state index contributed by atoms with van der Waals surface area (Å²) in [6.07, 6.45) is 18.5. The lowest BCUT2D eigenvalue weighted by atomic mass is 9.68. The Hall–Kier alpha value is -1.31. The Bertz CT molecular complexity index is 592. The van der Waals surface area contributed by atoms with Gasteiger partial charge in [0, 0.05) is 0 Å². The van der Waals surface area contributed by atoms with E-state index in [1.165, 1.54) is 64.2 Å².